The lowest BCUT2D eigenvalue weighted by Crippen LogP contribution is -2.67. The van der Waals surface area contributed by atoms with Crippen LogP contribution in [-0.2, 0) is 14.3 Å². The molecule has 1 unspecified atom stereocenters. The van der Waals surface area contributed by atoms with Crippen LogP contribution < -0.4 is 4.74 Å². The number of nitrogens with zero attached hydrogens (tertiary/aromatic N) is 1. The number of amides is 1. The van der Waals surface area contributed by atoms with Crippen LogP contribution >= 0.6 is 0 Å². The molecule has 3 fully saturated rings. The van der Waals surface area contributed by atoms with Crippen LogP contribution in [0.15, 0.2) is 24.3 Å². The highest BCUT2D eigenvalue weighted by Crippen LogP contribution is 2.37. The van der Waals surface area contributed by atoms with Gasteiger partial charge in [0.2, 0.25) is 0 Å². The SMILES string of the molecule is Cc1ccccc1OCC(=O)N1CC2(CC(OCC3CC3)CCO2)C1. The summed E-state index contributed by atoms with van der Waals surface area (Å²) in [4.78, 5) is 14.2. The van der Waals surface area contributed by atoms with E-state index in [0.717, 1.165) is 43.3 Å². The van der Waals surface area contributed by atoms with E-state index in [2.05, 4.69) is 0 Å². The molecule has 1 aromatic rings. The van der Waals surface area contributed by atoms with E-state index >= 15 is 0 Å². The molecule has 25 heavy (non-hydrogen) atoms. The number of likely N-dealkylation sites (tertiary alicyclic amines) is 1. The molecule has 1 aromatic carbocycles. The molecule has 3 aliphatic rings. The second kappa shape index (κ2) is 6.96. The molecule has 1 aliphatic carbocycles. The van der Waals surface area contributed by atoms with E-state index in [1.54, 1.807) is 0 Å². The summed E-state index contributed by atoms with van der Waals surface area (Å²) < 4.78 is 17.7. The van der Waals surface area contributed by atoms with E-state index in [-0.39, 0.29) is 24.2 Å². The molecule has 0 aromatic heterocycles. The number of hydrogen-bond acceptors (Lipinski definition) is 4. The average molecular weight is 345 g/mol. The summed E-state index contributed by atoms with van der Waals surface area (Å²) in [6.07, 6.45) is 4.80. The molecule has 2 saturated heterocycles. The van der Waals surface area contributed by atoms with E-state index in [1.165, 1.54) is 12.8 Å². The minimum atomic E-state index is -0.190. The molecule has 1 saturated carbocycles. The standard InChI is InChI=1S/C20H27NO4/c1-15-4-2-3-5-18(15)24-12-19(22)21-13-20(14-21)10-17(8-9-25-20)23-11-16-6-7-16/h2-5,16-17H,6-14H2,1H3. The van der Waals surface area contributed by atoms with Crippen molar-refractivity contribution in [2.24, 2.45) is 5.92 Å². The first-order valence-electron chi connectivity index (χ1n) is 9.35. The Kier molecular flexibility index (Phi) is 4.69. The van der Waals surface area contributed by atoms with Crippen LogP contribution in [0.4, 0.5) is 0 Å². The third-order valence-corrected chi connectivity index (χ3v) is 5.47. The van der Waals surface area contributed by atoms with Crippen molar-refractivity contribution in [2.45, 2.75) is 44.3 Å². The molecule has 136 valence electrons. The maximum absolute atomic E-state index is 12.4. The lowest BCUT2D eigenvalue weighted by Gasteiger charge is -2.52. The van der Waals surface area contributed by atoms with Gasteiger partial charge >= 0.3 is 0 Å². The van der Waals surface area contributed by atoms with Gasteiger partial charge in [0.25, 0.3) is 5.91 Å². The van der Waals surface area contributed by atoms with Gasteiger partial charge in [-0.15, -0.1) is 0 Å². The predicted molar refractivity (Wildman–Crippen MR) is 93.6 cm³/mol. The van der Waals surface area contributed by atoms with Crippen molar-refractivity contribution in [3.8, 4) is 5.75 Å². The zero-order valence-corrected chi connectivity index (χ0v) is 14.9. The molecule has 2 heterocycles. The second-order valence-electron chi connectivity index (χ2n) is 7.73. The number of para-hydroxylation sites is 1. The van der Waals surface area contributed by atoms with Crippen molar-refractivity contribution < 1.29 is 19.0 Å². The zero-order valence-electron chi connectivity index (χ0n) is 14.9. The highest BCUT2D eigenvalue weighted by Gasteiger charge is 2.49. The van der Waals surface area contributed by atoms with Gasteiger partial charge in [-0.25, -0.2) is 0 Å². The van der Waals surface area contributed by atoms with Gasteiger partial charge in [0.1, 0.15) is 11.4 Å². The summed E-state index contributed by atoms with van der Waals surface area (Å²) in [5.41, 5.74) is 0.854. The third kappa shape index (κ3) is 3.98. The van der Waals surface area contributed by atoms with Crippen molar-refractivity contribution in [3.05, 3.63) is 29.8 Å². The first kappa shape index (κ1) is 16.9. The van der Waals surface area contributed by atoms with Gasteiger partial charge < -0.3 is 19.1 Å². The van der Waals surface area contributed by atoms with Crippen LogP contribution in [0.25, 0.3) is 0 Å². The fourth-order valence-corrected chi connectivity index (χ4v) is 3.68. The summed E-state index contributed by atoms with van der Waals surface area (Å²) >= 11 is 0. The van der Waals surface area contributed by atoms with Crippen LogP contribution in [0.1, 0.15) is 31.2 Å². The van der Waals surface area contributed by atoms with Crippen molar-refractivity contribution in [3.63, 3.8) is 0 Å². The molecule has 5 heteroatoms. The molecule has 2 aliphatic heterocycles. The Morgan fingerprint density at radius 2 is 2.08 bits per heavy atom. The normalized spacial score (nSPS) is 24.8. The number of rotatable bonds is 6. The van der Waals surface area contributed by atoms with Crippen LogP contribution in [0.2, 0.25) is 0 Å². The summed E-state index contributed by atoms with van der Waals surface area (Å²) in [5, 5.41) is 0. The largest absolute Gasteiger partial charge is 0.484 e. The van der Waals surface area contributed by atoms with Gasteiger partial charge in [-0.1, -0.05) is 18.2 Å². The molecule has 1 atom stereocenters. The maximum Gasteiger partial charge on any atom is 0.260 e. The third-order valence-electron chi connectivity index (χ3n) is 5.47. The highest BCUT2D eigenvalue weighted by atomic mass is 16.5. The number of aryl methyl sites for hydroxylation is 1. The fourth-order valence-electron chi connectivity index (χ4n) is 3.68. The van der Waals surface area contributed by atoms with E-state index in [9.17, 15) is 4.79 Å². The van der Waals surface area contributed by atoms with Crippen molar-refractivity contribution in [2.75, 3.05) is 32.9 Å². The molecule has 0 bridgehead atoms. The molecular formula is C20H27NO4. The minimum Gasteiger partial charge on any atom is -0.484 e. The average Bonchev–Trinajstić information content (AvgIpc) is 3.41. The fraction of sp³-hybridized carbons (Fsp3) is 0.650. The van der Waals surface area contributed by atoms with Crippen molar-refractivity contribution in [1.82, 2.24) is 4.90 Å². The monoisotopic (exact) mass is 345 g/mol. The molecule has 1 amide bonds. The summed E-state index contributed by atoms with van der Waals surface area (Å²) in [7, 11) is 0. The summed E-state index contributed by atoms with van der Waals surface area (Å²) in [6.45, 7) is 5.02. The number of ether oxygens (including phenoxy) is 3. The van der Waals surface area contributed by atoms with Gasteiger partial charge in [-0.2, -0.15) is 0 Å². The minimum absolute atomic E-state index is 0.0264. The molecule has 5 nitrogen and oxygen atoms in total. The Morgan fingerprint density at radius 1 is 1.28 bits per heavy atom. The van der Waals surface area contributed by atoms with Gasteiger partial charge in [-0.3, -0.25) is 4.79 Å². The van der Waals surface area contributed by atoms with Gasteiger partial charge in [0.05, 0.1) is 19.2 Å². The number of hydrogen-bond donors (Lipinski definition) is 0. The summed E-state index contributed by atoms with van der Waals surface area (Å²) in [6, 6.07) is 7.76. The smallest absolute Gasteiger partial charge is 0.260 e. The van der Waals surface area contributed by atoms with Gasteiger partial charge in [-0.05, 0) is 43.7 Å². The van der Waals surface area contributed by atoms with Crippen LogP contribution in [-0.4, -0.2) is 55.4 Å². The Labute approximate surface area is 149 Å². The quantitative estimate of drug-likeness (QED) is 0.795. The zero-order chi connectivity index (χ0) is 17.3. The van der Waals surface area contributed by atoms with E-state index < -0.39 is 0 Å². The van der Waals surface area contributed by atoms with Crippen molar-refractivity contribution >= 4 is 5.91 Å². The number of carbonyl (C=O) groups excluding carboxylic acids is 1. The Morgan fingerprint density at radius 3 is 2.84 bits per heavy atom. The van der Waals surface area contributed by atoms with Gasteiger partial charge in [0.15, 0.2) is 6.61 Å². The highest BCUT2D eigenvalue weighted by molar-refractivity contribution is 5.79. The first-order valence-corrected chi connectivity index (χ1v) is 9.35. The van der Waals surface area contributed by atoms with Crippen LogP contribution in [0.3, 0.4) is 0 Å². The van der Waals surface area contributed by atoms with E-state index in [4.69, 9.17) is 14.2 Å². The molecule has 0 N–H and O–H groups in total. The Bertz CT molecular complexity index is 622. The second-order valence-corrected chi connectivity index (χ2v) is 7.73. The van der Waals surface area contributed by atoms with Crippen LogP contribution in [0.5, 0.6) is 5.75 Å². The van der Waals surface area contributed by atoms with Gasteiger partial charge in [0, 0.05) is 19.6 Å². The molecule has 1 spiro atoms. The molecule has 0 radical (unpaired) electrons. The topological polar surface area (TPSA) is 48.0 Å². The van der Waals surface area contributed by atoms with E-state index in [1.807, 2.05) is 36.1 Å². The Balaban J connectivity index is 1.23. The number of carbonyl (C=O) groups is 1. The lowest BCUT2D eigenvalue weighted by atomic mass is 9.84. The van der Waals surface area contributed by atoms with E-state index in [0.29, 0.717) is 13.1 Å². The summed E-state index contributed by atoms with van der Waals surface area (Å²) in [5.74, 6) is 1.59. The molecule has 4 rings (SSSR count). The molecular weight excluding hydrogens is 318 g/mol. The lowest BCUT2D eigenvalue weighted by molar-refractivity contribution is -0.202. The first-order chi connectivity index (χ1) is 12.1. The predicted octanol–water partition coefficient (Wildman–Crippen LogP) is 2.56. The Hall–Kier alpha value is -1.59. The van der Waals surface area contributed by atoms with Crippen LogP contribution in [0, 0.1) is 12.8 Å². The number of benzene rings is 1. The maximum atomic E-state index is 12.4. The van der Waals surface area contributed by atoms with Crippen molar-refractivity contribution in [1.29, 1.82) is 0 Å².